The van der Waals surface area contributed by atoms with E-state index in [1.807, 2.05) is 0 Å². The Hall–Kier alpha value is 0. The summed E-state index contributed by atoms with van der Waals surface area (Å²) >= 11 is 0. The molecule has 0 bridgehead atoms. The highest BCUT2D eigenvalue weighted by atomic mass is 14.5. The highest BCUT2D eigenvalue weighted by Gasteiger charge is 2.48. The lowest BCUT2D eigenvalue weighted by Crippen LogP contribution is -2.45. The minimum atomic E-state index is 0.312. The summed E-state index contributed by atoms with van der Waals surface area (Å²) in [4.78, 5) is 0. The van der Waals surface area contributed by atoms with Crippen LogP contribution in [0.5, 0.6) is 0 Å². The van der Waals surface area contributed by atoms with Crippen LogP contribution in [0.4, 0.5) is 0 Å². The summed E-state index contributed by atoms with van der Waals surface area (Å²) in [7, 11) is 0. The van der Waals surface area contributed by atoms with Crippen LogP contribution in [0.3, 0.4) is 0 Å². The Morgan fingerprint density at radius 2 is 0.500 bits per heavy atom. The van der Waals surface area contributed by atoms with Crippen LogP contribution < -0.4 is 0 Å². The lowest BCUT2D eigenvalue weighted by Gasteiger charge is -2.54. The van der Waals surface area contributed by atoms with Gasteiger partial charge in [0.2, 0.25) is 0 Å². The van der Waals surface area contributed by atoms with Gasteiger partial charge in [0.1, 0.15) is 0 Å². The van der Waals surface area contributed by atoms with Crippen molar-refractivity contribution in [2.45, 2.75) is 110 Å². The Balaban J connectivity index is 5.44. The van der Waals surface area contributed by atoms with E-state index >= 15 is 0 Å². The first kappa shape index (κ1) is 22.0. The predicted octanol–water partition coefficient (Wildman–Crippen LogP) is 7.96. The van der Waals surface area contributed by atoms with Crippen LogP contribution in [0.15, 0.2) is 0 Å². The first-order valence-corrected chi connectivity index (χ1v) is 9.16. The third-order valence-corrected chi connectivity index (χ3v) is 7.66. The van der Waals surface area contributed by atoms with Crippen molar-refractivity contribution in [3.8, 4) is 0 Å². The van der Waals surface area contributed by atoms with Crippen molar-refractivity contribution >= 4 is 0 Å². The topological polar surface area (TPSA) is 0 Å². The molecule has 0 saturated carbocycles. The van der Waals surface area contributed by atoms with Gasteiger partial charge in [-0.15, -0.1) is 0 Å². The SMILES string of the molecule is CC(C)(C)C(C)(C)CC(C)(C)C(C)(C)CC(C)(C)C(C)(C)C. The second-order valence-electron chi connectivity index (χ2n) is 12.4. The highest BCUT2D eigenvalue weighted by Crippen LogP contribution is 2.57. The molecule has 0 rings (SSSR count). The molecule has 0 atom stereocenters. The summed E-state index contributed by atoms with van der Waals surface area (Å²) in [5.41, 5.74) is 1.96. The van der Waals surface area contributed by atoms with Crippen molar-refractivity contribution in [2.75, 3.05) is 0 Å². The average molecular weight is 311 g/mol. The Morgan fingerprint density at radius 1 is 0.318 bits per heavy atom. The van der Waals surface area contributed by atoms with Crippen molar-refractivity contribution in [2.24, 2.45) is 32.5 Å². The van der Waals surface area contributed by atoms with Crippen LogP contribution in [0.1, 0.15) is 110 Å². The van der Waals surface area contributed by atoms with Crippen molar-refractivity contribution in [1.82, 2.24) is 0 Å². The molecule has 0 aromatic rings. The van der Waals surface area contributed by atoms with Crippen molar-refractivity contribution in [1.29, 1.82) is 0 Å². The van der Waals surface area contributed by atoms with E-state index in [1.165, 1.54) is 12.8 Å². The second kappa shape index (κ2) is 5.82. The van der Waals surface area contributed by atoms with Crippen LogP contribution in [0, 0.1) is 32.5 Å². The van der Waals surface area contributed by atoms with Gasteiger partial charge in [0, 0.05) is 0 Å². The normalized spacial score (nSPS) is 16.1. The standard InChI is InChI=1S/C22H46/c1-17(2,3)19(7,8)15-21(11,12)22(13,14)16-20(9,10)18(4,5)6/h15-16H2,1-14H3. The van der Waals surface area contributed by atoms with Gasteiger partial charge in [0.25, 0.3) is 0 Å². The summed E-state index contributed by atoms with van der Waals surface area (Å²) in [6, 6.07) is 0. The van der Waals surface area contributed by atoms with E-state index in [9.17, 15) is 0 Å². The maximum atomic E-state index is 2.49. The molecule has 0 amide bonds. The molecule has 0 N–H and O–H groups in total. The van der Waals surface area contributed by atoms with E-state index in [-0.39, 0.29) is 0 Å². The molecule has 0 spiro atoms. The Morgan fingerprint density at radius 3 is 0.636 bits per heavy atom. The third kappa shape index (κ3) is 4.75. The lowest BCUT2D eigenvalue weighted by molar-refractivity contribution is -0.0398. The first-order valence-electron chi connectivity index (χ1n) is 9.16. The molecule has 0 aliphatic heterocycles. The zero-order chi connectivity index (χ0) is 18.4. The van der Waals surface area contributed by atoms with Gasteiger partial charge in [0.05, 0.1) is 0 Å². The predicted molar refractivity (Wildman–Crippen MR) is 103 cm³/mol. The summed E-state index contributed by atoms with van der Waals surface area (Å²) in [5.74, 6) is 0. The van der Waals surface area contributed by atoms with Crippen LogP contribution in [0.25, 0.3) is 0 Å². The molecule has 0 saturated heterocycles. The zero-order valence-electron chi connectivity index (χ0n) is 18.4. The van der Waals surface area contributed by atoms with Gasteiger partial charge in [-0.2, -0.15) is 0 Å². The maximum Gasteiger partial charge on any atom is -0.0297 e. The molecule has 0 aromatic carbocycles. The largest absolute Gasteiger partial charge is 0.0597 e. The zero-order valence-corrected chi connectivity index (χ0v) is 18.4. The number of rotatable bonds is 5. The van der Waals surface area contributed by atoms with E-state index in [0.717, 1.165) is 0 Å². The van der Waals surface area contributed by atoms with Gasteiger partial charge in [-0.1, -0.05) is 96.9 Å². The van der Waals surface area contributed by atoms with Gasteiger partial charge in [-0.25, -0.2) is 0 Å². The Bertz CT molecular complexity index is 326. The van der Waals surface area contributed by atoms with E-state index in [0.29, 0.717) is 32.5 Å². The fourth-order valence-corrected chi connectivity index (χ4v) is 3.22. The van der Waals surface area contributed by atoms with E-state index < -0.39 is 0 Å². The fourth-order valence-electron chi connectivity index (χ4n) is 3.22. The van der Waals surface area contributed by atoms with Gasteiger partial charge >= 0.3 is 0 Å². The van der Waals surface area contributed by atoms with Gasteiger partial charge in [-0.05, 0) is 45.3 Å². The summed E-state index contributed by atoms with van der Waals surface area (Å²) in [6.07, 6.45) is 2.52. The van der Waals surface area contributed by atoms with Crippen molar-refractivity contribution in [3.63, 3.8) is 0 Å². The quantitative estimate of drug-likeness (QED) is 0.483. The minimum Gasteiger partial charge on any atom is -0.0597 e. The smallest absolute Gasteiger partial charge is 0.0297 e. The molecule has 0 aromatic heterocycles. The van der Waals surface area contributed by atoms with Crippen LogP contribution in [-0.2, 0) is 0 Å². The molecular formula is C22H46. The van der Waals surface area contributed by atoms with Crippen molar-refractivity contribution < 1.29 is 0 Å². The summed E-state index contributed by atoms with van der Waals surface area (Å²) in [6.45, 7) is 34.0. The van der Waals surface area contributed by atoms with Gasteiger partial charge in [-0.3, -0.25) is 0 Å². The van der Waals surface area contributed by atoms with Crippen LogP contribution >= 0.6 is 0 Å². The second-order valence-corrected chi connectivity index (χ2v) is 12.4. The van der Waals surface area contributed by atoms with Gasteiger partial charge in [0.15, 0.2) is 0 Å². The Labute approximate surface area is 142 Å². The maximum absolute atomic E-state index is 2.49. The molecule has 0 heterocycles. The van der Waals surface area contributed by atoms with E-state index in [2.05, 4.69) is 96.9 Å². The molecule has 0 aliphatic carbocycles. The molecule has 0 fully saturated rings. The van der Waals surface area contributed by atoms with Gasteiger partial charge < -0.3 is 0 Å². The lowest BCUT2D eigenvalue weighted by atomic mass is 9.51. The highest BCUT2D eigenvalue weighted by molar-refractivity contribution is 4.97. The van der Waals surface area contributed by atoms with E-state index in [1.54, 1.807) is 0 Å². The molecule has 0 nitrogen and oxygen atoms in total. The molecule has 0 aliphatic rings. The number of hydrogen-bond donors (Lipinski definition) is 0. The molecule has 0 radical (unpaired) electrons. The molecule has 22 heavy (non-hydrogen) atoms. The summed E-state index contributed by atoms with van der Waals surface area (Å²) < 4.78 is 0. The third-order valence-electron chi connectivity index (χ3n) is 7.66. The van der Waals surface area contributed by atoms with Crippen LogP contribution in [-0.4, -0.2) is 0 Å². The number of hydrogen-bond acceptors (Lipinski definition) is 0. The average Bonchev–Trinajstić information content (AvgIpc) is 2.09. The molecule has 134 valence electrons. The molecule has 0 heteroatoms. The van der Waals surface area contributed by atoms with Crippen molar-refractivity contribution in [3.05, 3.63) is 0 Å². The minimum absolute atomic E-state index is 0.312. The van der Waals surface area contributed by atoms with Crippen LogP contribution in [0.2, 0.25) is 0 Å². The Kier molecular flexibility index (Phi) is 5.82. The monoisotopic (exact) mass is 310 g/mol. The molecular weight excluding hydrogens is 264 g/mol. The summed E-state index contributed by atoms with van der Waals surface area (Å²) in [5, 5.41) is 0. The first-order chi connectivity index (χ1) is 9.16. The fraction of sp³-hybridized carbons (Fsp3) is 1.00. The molecule has 0 unspecified atom stereocenters. The van der Waals surface area contributed by atoms with E-state index in [4.69, 9.17) is 0 Å².